The Kier molecular flexibility index (Phi) is 6.59. The third-order valence-electron chi connectivity index (χ3n) is 2.88. The zero-order valence-electron chi connectivity index (χ0n) is 11.6. The lowest BCUT2D eigenvalue weighted by Crippen LogP contribution is -2.14. The summed E-state index contributed by atoms with van der Waals surface area (Å²) < 4.78 is 43.3. The molecule has 1 heterocycles. The number of hydrogen-bond donors (Lipinski definition) is 0. The number of alkyl halides is 3. The first kappa shape index (κ1) is 17.1. The predicted octanol–water partition coefficient (Wildman–Crippen LogP) is 5.49. The van der Waals surface area contributed by atoms with Gasteiger partial charge in [-0.2, -0.15) is 13.2 Å². The molecule has 0 aliphatic heterocycles. The Labute approximate surface area is 122 Å². The highest BCUT2D eigenvalue weighted by Gasteiger charge is 2.32. The van der Waals surface area contributed by atoms with Crippen molar-refractivity contribution in [2.45, 2.75) is 58.2 Å². The van der Waals surface area contributed by atoms with Crippen LogP contribution in [0.25, 0.3) is 0 Å². The smallest absolute Gasteiger partial charge is 0.416 e. The van der Waals surface area contributed by atoms with E-state index in [0.717, 1.165) is 44.2 Å². The van der Waals surface area contributed by atoms with E-state index in [0.29, 0.717) is 0 Å². The summed E-state index contributed by atoms with van der Waals surface area (Å²) in [5.74, 6) is -0.0761. The number of ether oxygens (including phenoxy) is 1. The number of pyridine rings is 1. The summed E-state index contributed by atoms with van der Waals surface area (Å²) in [7, 11) is 0. The summed E-state index contributed by atoms with van der Waals surface area (Å²) >= 11 is 5.59. The SMILES string of the molecule is CCCCCCC(C)Oc1cc(C(F)(F)F)cc(Cl)n1. The highest BCUT2D eigenvalue weighted by molar-refractivity contribution is 6.29. The molecule has 0 saturated carbocycles. The molecule has 1 unspecified atom stereocenters. The molecule has 0 aromatic carbocycles. The summed E-state index contributed by atoms with van der Waals surface area (Å²) in [5.41, 5.74) is -0.842. The fourth-order valence-electron chi connectivity index (χ4n) is 1.82. The first-order valence-electron chi connectivity index (χ1n) is 6.74. The van der Waals surface area contributed by atoms with Crippen LogP contribution >= 0.6 is 11.6 Å². The molecule has 2 nitrogen and oxygen atoms in total. The minimum Gasteiger partial charge on any atom is -0.475 e. The summed E-state index contributed by atoms with van der Waals surface area (Å²) in [6, 6.07) is 1.68. The first-order chi connectivity index (χ1) is 9.32. The molecule has 6 heteroatoms. The van der Waals surface area contributed by atoms with Gasteiger partial charge in [-0.05, 0) is 25.8 Å². The predicted molar refractivity (Wildman–Crippen MR) is 73.1 cm³/mol. The van der Waals surface area contributed by atoms with Crippen LogP contribution in [0.15, 0.2) is 12.1 Å². The third kappa shape index (κ3) is 5.99. The fourth-order valence-corrected chi connectivity index (χ4v) is 2.02. The zero-order chi connectivity index (χ0) is 15.2. The largest absolute Gasteiger partial charge is 0.475 e. The molecule has 0 aliphatic carbocycles. The molecular formula is C14H19ClF3NO. The van der Waals surface area contributed by atoms with Crippen LogP contribution < -0.4 is 4.74 Å². The molecule has 1 aromatic heterocycles. The molecule has 0 saturated heterocycles. The number of nitrogens with zero attached hydrogens (tertiary/aromatic N) is 1. The lowest BCUT2D eigenvalue weighted by Gasteiger charge is -2.15. The number of rotatable bonds is 7. The second-order valence-corrected chi connectivity index (χ2v) is 5.18. The zero-order valence-corrected chi connectivity index (χ0v) is 12.4. The quantitative estimate of drug-likeness (QED) is 0.490. The molecule has 20 heavy (non-hydrogen) atoms. The second kappa shape index (κ2) is 7.72. The minimum atomic E-state index is -4.45. The van der Waals surface area contributed by atoms with Crippen molar-refractivity contribution in [1.82, 2.24) is 4.98 Å². The van der Waals surface area contributed by atoms with Crippen LogP contribution in [0.5, 0.6) is 5.88 Å². The van der Waals surface area contributed by atoms with Crippen molar-refractivity contribution in [1.29, 1.82) is 0 Å². The molecule has 1 rings (SSSR count). The number of halogens is 4. The van der Waals surface area contributed by atoms with Gasteiger partial charge in [0, 0.05) is 6.07 Å². The van der Waals surface area contributed by atoms with Crippen molar-refractivity contribution in [2.24, 2.45) is 0 Å². The molecule has 0 bridgehead atoms. The highest BCUT2D eigenvalue weighted by atomic mass is 35.5. The normalized spacial score (nSPS) is 13.3. The van der Waals surface area contributed by atoms with Crippen LogP contribution in [-0.4, -0.2) is 11.1 Å². The van der Waals surface area contributed by atoms with Crippen molar-refractivity contribution in [3.63, 3.8) is 0 Å². The topological polar surface area (TPSA) is 22.1 Å². The van der Waals surface area contributed by atoms with Crippen molar-refractivity contribution in [3.05, 3.63) is 22.8 Å². The molecule has 0 spiro atoms. The maximum Gasteiger partial charge on any atom is 0.416 e. The van der Waals surface area contributed by atoms with E-state index >= 15 is 0 Å². The maximum atomic E-state index is 12.6. The van der Waals surface area contributed by atoms with Crippen LogP contribution in [0.3, 0.4) is 0 Å². The first-order valence-corrected chi connectivity index (χ1v) is 7.12. The Morgan fingerprint density at radius 2 is 1.95 bits per heavy atom. The van der Waals surface area contributed by atoms with Crippen molar-refractivity contribution < 1.29 is 17.9 Å². The highest BCUT2D eigenvalue weighted by Crippen LogP contribution is 2.32. The van der Waals surface area contributed by atoms with Gasteiger partial charge in [0.15, 0.2) is 0 Å². The average molecular weight is 310 g/mol. The second-order valence-electron chi connectivity index (χ2n) is 4.79. The maximum absolute atomic E-state index is 12.6. The summed E-state index contributed by atoms with van der Waals surface area (Å²) in [4.78, 5) is 3.77. The Bertz CT molecular complexity index is 423. The van der Waals surface area contributed by atoms with E-state index in [9.17, 15) is 13.2 Å². The fraction of sp³-hybridized carbons (Fsp3) is 0.643. The molecule has 0 aliphatic rings. The van der Waals surface area contributed by atoms with Crippen molar-refractivity contribution in [3.8, 4) is 5.88 Å². The number of hydrogen-bond acceptors (Lipinski definition) is 2. The van der Waals surface area contributed by atoms with Crippen LogP contribution in [0.1, 0.15) is 51.5 Å². The Morgan fingerprint density at radius 3 is 2.55 bits per heavy atom. The summed E-state index contributed by atoms with van der Waals surface area (Å²) in [5, 5.41) is -0.215. The van der Waals surface area contributed by atoms with Crippen LogP contribution in [0.2, 0.25) is 5.15 Å². The van der Waals surface area contributed by atoms with Gasteiger partial charge in [-0.3, -0.25) is 0 Å². The Morgan fingerprint density at radius 1 is 1.25 bits per heavy atom. The molecule has 1 aromatic rings. The van der Waals surface area contributed by atoms with Gasteiger partial charge in [-0.15, -0.1) is 0 Å². The lowest BCUT2D eigenvalue weighted by atomic mass is 10.1. The van der Waals surface area contributed by atoms with E-state index in [1.54, 1.807) is 0 Å². The summed E-state index contributed by atoms with van der Waals surface area (Å²) in [6.07, 6.45) is 0.534. The van der Waals surface area contributed by atoms with E-state index in [2.05, 4.69) is 11.9 Å². The number of aromatic nitrogens is 1. The Hall–Kier alpha value is -0.970. The van der Waals surface area contributed by atoms with Gasteiger partial charge in [-0.1, -0.05) is 37.8 Å². The van der Waals surface area contributed by atoms with Gasteiger partial charge >= 0.3 is 6.18 Å². The molecule has 0 N–H and O–H groups in total. The molecular weight excluding hydrogens is 291 g/mol. The molecule has 1 atom stereocenters. The van der Waals surface area contributed by atoms with E-state index in [1.807, 2.05) is 6.92 Å². The lowest BCUT2D eigenvalue weighted by molar-refractivity contribution is -0.137. The van der Waals surface area contributed by atoms with Crippen LogP contribution in [0.4, 0.5) is 13.2 Å². The standard InChI is InChI=1S/C14H19ClF3NO/c1-3-4-5-6-7-10(2)20-13-9-11(14(16,17)18)8-12(15)19-13/h8-10H,3-7H2,1-2H3. The monoisotopic (exact) mass is 309 g/mol. The van der Waals surface area contributed by atoms with E-state index in [-0.39, 0.29) is 17.1 Å². The molecule has 114 valence electrons. The van der Waals surface area contributed by atoms with Crippen molar-refractivity contribution >= 4 is 11.6 Å². The summed E-state index contributed by atoms with van der Waals surface area (Å²) in [6.45, 7) is 3.94. The third-order valence-corrected chi connectivity index (χ3v) is 3.08. The average Bonchev–Trinajstić information content (AvgIpc) is 2.33. The van der Waals surface area contributed by atoms with Gasteiger partial charge in [0.1, 0.15) is 5.15 Å². The van der Waals surface area contributed by atoms with Crippen LogP contribution in [0, 0.1) is 0 Å². The van der Waals surface area contributed by atoms with Gasteiger partial charge in [-0.25, -0.2) is 4.98 Å². The molecule has 0 radical (unpaired) electrons. The van der Waals surface area contributed by atoms with Gasteiger partial charge in [0.2, 0.25) is 5.88 Å². The molecule has 0 amide bonds. The number of unbranched alkanes of at least 4 members (excludes halogenated alkanes) is 3. The minimum absolute atomic E-state index is 0.0761. The van der Waals surface area contributed by atoms with Gasteiger partial charge in [0.05, 0.1) is 11.7 Å². The van der Waals surface area contributed by atoms with Crippen molar-refractivity contribution in [2.75, 3.05) is 0 Å². The Balaban J connectivity index is 2.61. The van der Waals surface area contributed by atoms with Gasteiger partial charge < -0.3 is 4.74 Å². The van der Waals surface area contributed by atoms with E-state index < -0.39 is 11.7 Å². The van der Waals surface area contributed by atoms with E-state index in [1.165, 1.54) is 0 Å². The molecule has 0 fully saturated rings. The van der Waals surface area contributed by atoms with Gasteiger partial charge in [0.25, 0.3) is 0 Å². The van der Waals surface area contributed by atoms with E-state index in [4.69, 9.17) is 16.3 Å². The van der Waals surface area contributed by atoms with Crippen LogP contribution in [-0.2, 0) is 6.18 Å².